The Bertz CT molecular complexity index is 871. The van der Waals surface area contributed by atoms with Crippen molar-refractivity contribution in [1.29, 1.82) is 0 Å². The molecule has 21 heavy (non-hydrogen) atoms. The van der Waals surface area contributed by atoms with E-state index >= 15 is 0 Å². The first-order chi connectivity index (χ1) is 9.97. The molecule has 0 fully saturated rings. The molecule has 1 N–H and O–H groups in total. The number of hydrogen-bond donors (Lipinski definition) is 1. The summed E-state index contributed by atoms with van der Waals surface area (Å²) in [4.78, 5) is 15.9. The number of carboxylic acid groups (broad SMARTS) is 1. The van der Waals surface area contributed by atoms with Crippen LogP contribution in [0.4, 0.5) is 0 Å². The molecule has 3 aromatic rings. The highest BCUT2D eigenvalue weighted by Gasteiger charge is 2.18. The molecule has 0 aliphatic carbocycles. The van der Waals surface area contributed by atoms with Crippen molar-refractivity contribution in [3.8, 4) is 11.5 Å². The SMILES string of the molecule is Cc1ccc(-c2cc(C(=O)O)c3c(Cl)ccc(Cl)c3n2)o1. The molecular formula is C15H9Cl2NO3. The van der Waals surface area contributed by atoms with Gasteiger partial charge in [0.05, 0.1) is 21.1 Å². The smallest absolute Gasteiger partial charge is 0.336 e. The zero-order valence-corrected chi connectivity index (χ0v) is 12.4. The second-order valence-electron chi connectivity index (χ2n) is 4.52. The minimum absolute atomic E-state index is 0.0385. The normalized spacial score (nSPS) is 11.0. The van der Waals surface area contributed by atoms with E-state index in [-0.39, 0.29) is 5.56 Å². The quantitative estimate of drug-likeness (QED) is 0.735. The first-order valence-corrected chi connectivity index (χ1v) is 6.82. The van der Waals surface area contributed by atoms with Gasteiger partial charge in [0.1, 0.15) is 11.5 Å². The molecule has 0 unspecified atom stereocenters. The van der Waals surface area contributed by atoms with Crippen molar-refractivity contribution in [2.75, 3.05) is 0 Å². The lowest BCUT2D eigenvalue weighted by atomic mass is 10.1. The summed E-state index contributed by atoms with van der Waals surface area (Å²) in [6.07, 6.45) is 0. The van der Waals surface area contributed by atoms with Crippen molar-refractivity contribution in [3.63, 3.8) is 0 Å². The Morgan fingerprint density at radius 3 is 2.52 bits per heavy atom. The fourth-order valence-electron chi connectivity index (χ4n) is 2.14. The fraction of sp³-hybridized carbons (Fsp3) is 0.0667. The number of rotatable bonds is 2. The Morgan fingerprint density at radius 2 is 1.90 bits per heavy atom. The van der Waals surface area contributed by atoms with Gasteiger partial charge in [-0.15, -0.1) is 0 Å². The average Bonchev–Trinajstić information content (AvgIpc) is 2.88. The second kappa shape index (κ2) is 5.06. The summed E-state index contributed by atoms with van der Waals surface area (Å²) in [5.41, 5.74) is 0.779. The molecule has 106 valence electrons. The number of pyridine rings is 1. The van der Waals surface area contributed by atoms with E-state index in [1.807, 2.05) is 0 Å². The van der Waals surface area contributed by atoms with Crippen LogP contribution >= 0.6 is 23.2 Å². The molecule has 0 spiro atoms. The van der Waals surface area contributed by atoms with Gasteiger partial charge in [-0.3, -0.25) is 0 Å². The van der Waals surface area contributed by atoms with Crippen LogP contribution in [0.2, 0.25) is 10.0 Å². The highest BCUT2D eigenvalue weighted by molar-refractivity contribution is 6.41. The van der Waals surface area contributed by atoms with Crippen LogP contribution in [0.25, 0.3) is 22.4 Å². The molecule has 6 heteroatoms. The van der Waals surface area contributed by atoms with Gasteiger partial charge in [0, 0.05) is 5.39 Å². The van der Waals surface area contributed by atoms with E-state index in [4.69, 9.17) is 27.6 Å². The summed E-state index contributed by atoms with van der Waals surface area (Å²) in [5, 5.41) is 10.4. The summed E-state index contributed by atoms with van der Waals surface area (Å²) in [7, 11) is 0. The predicted molar refractivity (Wildman–Crippen MR) is 81.2 cm³/mol. The molecule has 0 saturated carbocycles. The molecule has 0 amide bonds. The monoisotopic (exact) mass is 321 g/mol. The molecule has 0 aliphatic rings. The van der Waals surface area contributed by atoms with Crippen LogP contribution in [-0.2, 0) is 0 Å². The number of carboxylic acids is 1. The van der Waals surface area contributed by atoms with Crippen LogP contribution in [-0.4, -0.2) is 16.1 Å². The van der Waals surface area contributed by atoms with Crippen LogP contribution in [0.15, 0.2) is 34.7 Å². The first kappa shape index (κ1) is 13.9. The number of benzene rings is 1. The molecule has 2 heterocycles. The van der Waals surface area contributed by atoms with Gasteiger partial charge >= 0.3 is 5.97 Å². The van der Waals surface area contributed by atoms with Crippen molar-refractivity contribution >= 4 is 40.1 Å². The van der Waals surface area contributed by atoms with E-state index in [2.05, 4.69) is 4.98 Å². The fourth-order valence-corrected chi connectivity index (χ4v) is 2.59. The molecule has 0 bridgehead atoms. The third kappa shape index (κ3) is 2.37. The van der Waals surface area contributed by atoms with Gasteiger partial charge in [-0.1, -0.05) is 23.2 Å². The van der Waals surface area contributed by atoms with Crippen LogP contribution in [0, 0.1) is 6.92 Å². The number of aromatic carboxylic acids is 1. The first-order valence-electron chi connectivity index (χ1n) is 6.06. The summed E-state index contributed by atoms with van der Waals surface area (Å²) in [6, 6.07) is 8.08. The number of aromatic nitrogens is 1. The van der Waals surface area contributed by atoms with Gasteiger partial charge in [0.25, 0.3) is 0 Å². The largest absolute Gasteiger partial charge is 0.478 e. The third-order valence-corrected chi connectivity index (χ3v) is 3.70. The molecule has 0 saturated heterocycles. The topological polar surface area (TPSA) is 63.3 Å². The van der Waals surface area contributed by atoms with E-state index in [0.717, 1.165) is 0 Å². The summed E-state index contributed by atoms with van der Waals surface area (Å²) >= 11 is 12.2. The number of halogens is 2. The third-order valence-electron chi connectivity index (χ3n) is 3.08. The van der Waals surface area contributed by atoms with Gasteiger partial charge in [0.15, 0.2) is 5.76 Å². The number of hydrogen-bond acceptors (Lipinski definition) is 3. The number of furan rings is 1. The van der Waals surface area contributed by atoms with E-state index < -0.39 is 5.97 Å². The number of fused-ring (bicyclic) bond motifs is 1. The number of nitrogens with zero attached hydrogens (tertiary/aromatic N) is 1. The highest BCUT2D eigenvalue weighted by Crippen LogP contribution is 2.34. The Balaban J connectivity index is 2.40. The standard InChI is InChI=1S/C15H9Cl2NO3/c1-7-2-5-12(21-7)11-6-8(15(19)20)13-9(16)3-4-10(17)14(13)18-11/h2-6H,1H3,(H,19,20). The lowest BCUT2D eigenvalue weighted by Gasteiger charge is -2.08. The second-order valence-corrected chi connectivity index (χ2v) is 5.34. The van der Waals surface area contributed by atoms with Gasteiger partial charge in [-0.05, 0) is 37.3 Å². The van der Waals surface area contributed by atoms with Gasteiger partial charge in [0.2, 0.25) is 0 Å². The summed E-state index contributed by atoms with van der Waals surface area (Å²) in [5.74, 6) is 0.0880. The van der Waals surface area contributed by atoms with E-state index in [1.165, 1.54) is 6.07 Å². The molecule has 3 rings (SSSR count). The van der Waals surface area contributed by atoms with Crippen molar-refractivity contribution in [1.82, 2.24) is 4.98 Å². The van der Waals surface area contributed by atoms with Gasteiger partial charge in [-0.2, -0.15) is 0 Å². The molecule has 4 nitrogen and oxygen atoms in total. The lowest BCUT2D eigenvalue weighted by Crippen LogP contribution is -2.01. The van der Waals surface area contributed by atoms with Crippen molar-refractivity contribution in [2.45, 2.75) is 6.92 Å². The van der Waals surface area contributed by atoms with E-state index in [1.54, 1.807) is 31.2 Å². The van der Waals surface area contributed by atoms with E-state index in [0.29, 0.717) is 38.2 Å². The molecule has 0 atom stereocenters. The molecular weight excluding hydrogens is 313 g/mol. The number of aryl methyl sites for hydroxylation is 1. The van der Waals surface area contributed by atoms with Crippen LogP contribution in [0.3, 0.4) is 0 Å². The minimum atomic E-state index is -1.10. The Morgan fingerprint density at radius 1 is 1.19 bits per heavy atom. The van der Waals surface area contributed by atoms with Gasteiger partial charge < -0.3 is 9.52 Å². The van der Waals surface area contributed by atoms with Gasteiger partial charge in [-0.25, -0.2) is 9.78 Å². The average molecular weight is 322 g/mol. The number of carbonyl (C=O) groups is 1. The molecule has 0 aliphatic heterocycles. The molecule has 2 aromatic heterocycles. The maximum atomic E-state index is 11.5. The molecule has 0 radical (unpaired) electrons. The maximum absolute atomic E-state index is 11.5. The van der Waals surface area contributed by atoms with Crippen molar-refractivity contribution in [2.24, 2.45) is 0 Å². The van der Waals surface area contributed by atoms with E-state index in [9.17, 15) is 9.90 Å². The van der Waals surface area contributed by atoms with Crippen LogP contribution < -0.4 is 0 Å². The minimum Gasteiger partial charge on any atom is -0.478 e. The predicted octanol–water partition coefficient (Wildman–Crippen LogP) is 4.81. The highest BCUT2D eigenvalue weighted by atomic mass is 35.5. The maximum Gasteiger partial charge on any atom is 0.336 e. The summed E-state index contributed by atoms with van der Waals surface area (Å²) in [6.45, 7) is 1.80. The van der Waals surface area contributed by atoms with Crippen LogP contribution in [0.1, 0.15) is 16.1 Å². The Hall–Kier alpha value is -2.04. The Kier molecular flexibility index (Phi) is 3.35. The molecule has 1 aromatic carbocycles. The zero-order chi connectivity index (χ0) is 15.1. The van der Waals surface area contributed by atoms with Crippen molar-refractivity contribution < 1.29 is 14.3 Å². The lowest BCUT2D eigenvalue weighted by molar-refractivity contribution is 0.0699. The zero-order valence-electron chi connectivity index (χ0n) is 10.9. The summed E-state index contributed by atoms with van der Waals surface area (Å²) < 4.78 is 5.49. The van der Waals surface area contributed by atoms with Crippen LogP contribution in [0.5, 0.6) is 0 Å². The Labute approximate surface area is 129 Å². The van der Waals surface area contributed by atoms with Crippen molar-refractivity contribution in [3.05, 3.63) is 51.7 Å².